The van der Waals surface area contributed by atoms with Crippen LogP contribution in [0.1, 0.15) is 84.5 Å². The summed E-state index contributed by atoms with van der Waals surface area (Å²) in [5, 5.41) is 0. The zero-order valence-corrected chi connectivity index (χ0v) is 17.0. The van der Waals surface area contributed by atoms with Crippen LogP contribution in [0.4, 0.5) is 0 Å². The van der Waals surface area contributed by atoms with Gasteiger partial charge in [0.15, 0.2) is 6.29 Å². The van der Waals surface area contributed by atoms with Gasteiger partial charge in [-0.3, -0.25) is 0 Å². The minimum atomic E-state index is -0.184. The lowest BCUT2D eigenvalue weighted by Crippen LogP contribution is -2.20. The molecule has 3 nitrogen and oxygen atoms in total. The lowest BCUT2D eigenvalue weighted by Gasteiger charge is -2.19. The first-order valence-electron chi connectivity index (χ1n) is 11.3. The molecule has 0 radical (unpaired) electrons. The zero-order valence-electron chi connectivity index (χ0n) is 17.0. The number of ether oxygens (including phenoxy) is 2. The summed E-state index contributed by atoms with van der Waals surface area (Å²) in [7, 11) is 0. The molecule has 0 spiro atoms. The summed E-state index contributed by atoms with van der Waals surface area (Å²) >= 11 is 0. The van der Waals surface area contributed by atoms with Crippen LogP contribution in [0.2, 0.25) is 0 Å². The quantitative estimate of drug-likeness (QED) is 0.264. The van der Waals surface area contributed by atoms with Gasteiger partial charge < -0.3 is 14.3 Å². The molecule has 3 aliphatic carbocycles. The van der Waals surface area contributed by atoms with Gasteiger partial charge >= 0.3 is 0 Å². The number of rotatable bonds is 16. The molecule has 0 saturated heterocycles. The lowest BCUT2D eigenvalue weighted by molar-refractivity contribution is -0.150. The zero-order chi connectivity index (χ0) is 18.4. The van der Waals surface area contributed by atoms with Crippen LogP contribution in [0.15, 0.2) is 0 Å². The van der Waals surface area contributed by atoms with Crippen molar-refractivity contribution in [3.8, 4) is 0 Å². The largest absolute Gasteiger partial charge is 0.353 e. The van der Waals surface area contributed by atoms with Crippen LogP contribution in [0.25, 0.3) is 0 Å². The van der Waals surface area contributed by atoms with E-state index in [9.17, 15) is 4.79 Å². The number of hydrogen-bond donors (Lipinski definition) is 0. The Bertz CT molecular complexity index is 420. The highest BCUT2D eigenvalue weighted by atomic mass is 16.7. The molecule has 0 amide bonds. The summed E-state index contributed by atoms with van der Waals surface area (Å²) in [6, 6.07) is 0. The Kier molecular flexibility index (Phi) is 7.99. The highest BCUT2D eigenvalue weighted by Gasteiger charge is 2.43. The molecule has 0 N–H and O–H groups in total. The third-order valence-electron chi connectivity index (χ3n) is 6.94. The van der Waals surface area contributed by atoms with Crippen molar-refractivity contribution in [2.45, 2.75) is 90.8 Å². The van der Waals surface area contributed by atoms with Crippen molar-refractivity contribution in [2.75, 3.05) is 13.2 Å². The van der Waals surface area contributed by atoms with Crippen molar-refractivity contribution >= 4 is 6.29 Å². The maximum absolute atomic E-state index is 10.7. The van der Waals surface area contributed by atoms with Gasteiger partial charge in [0, 0.05) is 19.4 Å². The first-order chi connectivity index (χ1) is 12.7. The van der Waals surface area contributed by atoms with Crippen LogP contribution in [0, 0.1) is 35.5 Å². The van der Waals surface area contributed by atoms with E-state index in [-0.39, 0.29) is 6.29 Å². The van der Waals surface area contributed by atoms with E-state index in [1.807, 2.05) is 0 Å². The smallest absolute Gasteiger partial charge is 0.157 e. The number of hydrogen-bond acceptors (Lipinski definition) is 3. The van der Waals surface area contributed by atoms with Crippen molar-refractivity contribution in [3.05, 3.63) is 0 Å². The summed E-state index contributed by atoms with van der Waals surface area (Å²) in [6.45, 7) is 6.27. The van der Waals surface area contributed by atoms with Crippen molar-refractivity contribution in [1.29, 1.82) is 0 Å². The highest BCUT2D eigenvalue weighted by molar-refractivity contribution is 5.49. The fourth-order valence-corrected chi connectivity index (χ4v) is 4.31. The van der Waals surface area contributed by atoms with Gasteiger partial charge in [0.1, 0.15) is 6.29 Å². The molecule has 3 aliphatic rings. The van der Waals surface area contributed by atoms with Crippen LogP contribution in [-0.2, 0) is 14.3 Å². The first-order valence-corrected chi connectivity index (χ1v) is 11.3. The van der Waals surface area contributed by atoms with E-state index in [0.29, 0.717) is 12.8 Å². The van der Waals surface area contributed by atoms with E-state index in [2.05, 4.69) is 13.8 Å². The molecule has 0 aliphatic heterocycles. The van der Waals surface area contributed by atoms with Crippen molar-refractivity contribution < 1.29 is 14.3 Å². The Morgan fingerprint density at radius 1 is 0.962 bits per heavy atom. The van der Waals surface area contributed by atoms with Gasteiger partial charge in [0.2, 0.25) is 0 Å². The second kappa shape index (κ2) is 10.2. The predicted octanol–water partition coefficient (Wildman–Crippen LogP) is 5.61. The van der Waals surface area contributed by atoms with E-state index in [1.54, 1.807) is 0 Å². The second-order valence-electron chi connectivity index (χ2n) is 9.58. The standard InChI is InChI=1S/C23H40O3/c1-17(5-6-19-7-8-19)9-12-25-23(4-3-11-24)26-13-10-20-15-22(20)16-21-14-18(21)2/h11,17-23H,3-10,12-16H2,1-2H3. The number of carbonyl (C=O) groups excluding carboxylic acids is 1. The summed E-state index contributed by atoms with van der Waals surface area (Å²) in [5.74, 6) is 5.62. The molecule has 3 rings (SSSR count). The molecule has 26 heavy (non-hydrogen) atoms. The van der Waals surface area contributed by atoms with E-state index in [1.165, 1.54) is 51.4 Å². The van der Waals surface area contributed by atoms with Gasteiger partial charge in [0.25, 0.3) is 0 Å². The molecule has 0 heterocycles. The van der Waals surface area contributed by atoms with Crippen LogP contribution in [-0.4, -0.2) is 25.8 Å². The van der Waals surface area contributed by atoms with Gasteiger partial charge in [0.05, 0.1) is 6.61 Å². The minimum absolute atomic E-state index is 0.184. The van der Waals surface area contributed by atoms with E-state index >= 15 is 0 Å². The van der Waals surface area contributed by atoms with Crippen LogP contribution >= 0.6 is 0 Å². The number of aldehydes is 1. The van der Waals surface area contributed by atoms with E-state index in [0.717, 1.165) is 61.4 Å². The van der Waals surface area contributed by atoms with Crippen molar-refractivity contribution in [2.24, 2.45) is 35.5 Å². The molecule has 3 fully saturated rings. The normalized spacial score (nSPS) is 32.2. The maximum atomic E-state index is 10.7. The minimum Gasteiger partial charge on any atom is -0.353 e. The Morgan fingerprint density at radius 2 is 1.73 bits per heavy atom. The highest BCUT2D eigenvalue weighted by Crippen LogP contribution is 2.52. The topological polar surface area (TPSA) is 35.5 Å². The average molecular weight is 365 g/mol. The Morgan fingerprint density at radius 3 is 2.42 bits per heavy atom. The Labute approximate surface area is 160 Å². The van der Waals surface area contributed by atoms with Crippen molar-refractivity contribution in [1.82, 2.24) is 0 Å². The lowest BCUT2D eigenvalue weighted by atomic mass is 10.0. The Balaban J connectivity index is 1.22. The molecular weight excluding hydrogens is 324 g/mol. The van der Waals surface area contributed by atoms with Gasteiger partial charge in [-0.2, -0.15) is 0 Å². The van der Waals surface area contributed by atoms with Crippen LogP contribution < -0.4 is 0 Å². The predicted molar refractivity (Wildman–Crippen MR) is 105 cm³/mol. The van der Waals surface area contributed by atoms with Gasteiger partial charge in [-0.25, -0.2) is 0 Å². The molecule has 0 aromatic rings. The first kappa shape index (κ1) is 20.3. The molecule has 6 unspecified atom stereocenters. The van der Waals surface area contributed by atoms with Crippen LogP contribution in [0.3, 0.4) is 0 Å². The van der Waals surface area contributed by atoms with E-state index < -0.39 is 0 Å². The second-order valence-corrected chi connectivity index (χ2v) is 9.58. The Hall–Kier alpha value is -0.410. The molecule has 3 saturated carbocycles. The molecule has 3 heteroatoms. The molecule has 150 valence electrons. The fourth-order valence-electron chi connectivity index (χ4n) is 4.31. The monoisotopic (exact) mass is 364 g/mol. The van der Waals surface area contributed by atoms with Gasteiger partial charge in [-0.15, -0.1) is 0 Å². The third kappa shape index (κ3) is 7.68. The van der Waals surface area contributed by atoms with Gasteiger partial charge in [-0.05, 0) is 67.6 Å². The fraction of sp³-hybridized carbons (Fsp3) is 0.957. The number of carbonyl (C=O) groups is 1. The SMILES string of the molecule is CC(CCOC(CCC=O)OCCC1CC1CC1CC1C)CCC1CC1. The van der Waals surface area contributed by atoms with E-state index in [4.69, 9.17) is 9.47 Å². The summed E-state index contributed by atoms with van der Waals surface area (Å²) in [5.41, 5.74) is 0. The van der Waals surface area contributed by atoms with Crippen molar-refractivity contribution in [3.63, 3.8) is 0 Å². The summed E-state index contributed by atoms with van der Waals surface area (Å²) in [4.78, 5) is 10.7. The molecule has 0 aromatic heterocycles. The molecule has 0 aromatic carbocycles. The molecule has 6 atom stereocenters. The van der Waals surface area contributed by atoms with Crippen LogP contribution in [0.5, 0.6) is 0 Å². The average Bonchev–Trinajstić information content (AvgIpc) is 3.50. The summed E-state index contributed by atoms with van der Waals surface area (Å²) in [6.07, 6.45) is 14.3. The third-order valence-corrected chi connectivity index (χ3v) is 6.94. The summed E-state index contributed by atoms with van der Waals surface area (Å²) < 4.78 is 12.0. The van der Waals surface area contributed by atoms with Gasteiger partial charge in [-0.1, -0.05) is 39.5 Å². The molecule has 0 bridgehead atoms. The maximum Gasteiger partial charge on any atom is 0.157 e. The molecular formula is C23H40O3.